The van der Waals surface area contributed by atoms with Gasteiger partial charge in [-0.25, -0.2) is 0 Å². The van der Waals surface area contributed by atoms with Gasteiger partial charge in [-0.1, -0.05) is 6.07 Å². The molecule has 16 heavy (non-hydrogen) atoms. The average molecular weight is 287 g/mol. The highest BCUT2D eigenvalue weighted by Crippen LogP contribution is 2.37. The van der Waals surface area contributed by atoms with Crippen molar-refractivity contribution in [2.45, 2.75) is 18.4 Å². The van der Waals surface area contributed by atoms with E-state index in [-0.39, 0.29) is 11.2 Å². The minimum absolute atomic E-state index is 0.000585. The van der Waals surface area contributed by atoms with E-state index in [9.17, 15) is 10.1 Å². The average Bonchev–Trinajstić information content (AvgIpc) is 2.95. The highest BCUT2D eigenvalue weighted by atomic mass is 79.9. The van der Waals surface area contributed by atoms with Crippen LogP contribution in [0.1, 0.15) is 12.8 Å². The second-order valence-electron chi connectivity index (χ2n) is 4.00. The van der Waals surface area contributed by atoms with Gasteiger partial charge in [-0.2, -0.15) is 0 Å². The van der Waals surface area contributed by atoms with Crippen LogP contribution in [0.15, 0.2) is 22.7 Å². The number of nitrogens with zero attached hydrogens (tertiary/aromatic N) is 1. The Kier molecular flexibility index (Phi) is 2.86. The van der Waals surface area contributed by atoms with E-state index in [1.807, 2.05) is 0 Å². The number of ether oxygens (including phenoxy) is 1. The Morgan fingerprint density at radius 2 is 2.25 bits per heavy atom. The van der Waals surface area contributed by atoms with E-state index in [4.69, 9.17) is 10.5 Å². The van der Waals surface area contributed by atoms with Gasteiger partial charge >= 0.3 is 0 Å². The lowest BCUT2D eigenvalue weighted by Crippen LogP contribution is -2.29. The molecule has 1 aromatic rings. The molecule has 1 saturated carbocycles. The molecule has 2 rings (SSSR count). The fourth-order valence-electron chi connectivity index (χ4n) is 1.28. The topological polar surface area (TPSA) is 78.4 Å². The Morgan fingerprint density at radius 3 is 2.81 bits per heavy atom. The number of nitro groups is 1. The third-order valence-corrected chi connectivity index (χ3v) is 3.34. The number of hydrogen-bond donors (Lipinski definition) is 1. The normalized spacial score (nSPS) is 16.9. The van der Waals surface area contributed by atoms with Crippen LogP contribution < -0.4 is 10.5 Å². The molecule has 2 N–H and O–H groups in total. The molecule has 0 heterocycles. The van der Waals surface area contributed by atoms with Gasteiger partial charge in [0.25, 0.3) is 5.69 Å². The third-order valence-electron chi connectivity index (χ3n) is 2.55. The van der Waals surface area contributed by atoms with Crippen LogP contribution in [0.4, 0.5) is 5.69 Å². The van der Waals surface area contributed by atoms with E-state index in [0.717, 1.165) is 12.8 Å². The molecule has 1 aliphatic rings. The standard InChI is InChI=1S/C10H11BrN2O3/c11-9-7(13(14)15)2-1-3-8(9)16-6-10(12)4-5-10/h1-3H,4-6,12H2. The molecule has 6 heteroatoms. The first-order valence-electron chi connectivity index (χ1n) is 4.86. The van der Waals surface area contributed by atoms with Gasteiger partial charge in [-0.3, -0.25) is 10.1 Å². The summed E-state index contributed by atoms with van der Waals surface area (Å²) in [5.41, 5.74) is 5.64. The Hall–Kier alpha value is -1.14. The lowest BCUT2D eigenvalue weighted by atomic mass is 10.3. The van der Waals surface area contributed by atoms with Gasteiger partial charge < -0.3 is 10.5 Å². The number of nitro benzene ring substituents is 1. The summed E-state index contributed by atoms with van der Waals surface area (Å²) in [5, 5.41) is 10.7. The first-order valence-corrected chi connectivity index (χ1v) is 5.66. The van der Waals surface area contributed by atoms with Gasteiger partial charge in [0, 0.05) is 6.07 Å². The first kappa shape index (κ1) is 11.3. The summed E-state index contributed by atoms with van der Waals surface area (Å²) >= 11 is 3.16. The van der Waals surface area contributed by atoms with Crippen molar-refractivity contribution in [2.75, 3.05) is 6.61 Å². The highest BCUT2D eigenvalue weighted by molar-refractivity contribution is 9.10. The van der Waals surface area contributed by atoms with Crippen molar-refractivity contribution in [3.05, 3.63) is 32.8 Å². The molecular formula is C10H11BrN2O3. The molecule has 0 atom stereocenters. The predicted molar refractivity (Wildman–Crippen MR) is 62.4 cm³/mol. The van der Waals surface area contributed by atoms with E-state index in [0.29, 0.717) is 16.8 Å². The second-order valence-corrected chi connectivity index (χ2v) is 4.79. The van der Waals surface area contributed by atoms with E-state index < -0.39 is 4.92 Å². The molecule has 86 valence electrons. The summed E-state index contributed by atoms with van der Waals surface area (Å²) in [7, 11) is 0. The molecule has 0 aliphatic heterocycles. The maximum atomic E-state index is 10.7. The van der Waals surface area contributed by atoms with E-state index in [1.54, 1.807) is 12.1 Å². The summed E-state index contributed by atoms with van der Waals surface area (Å²) in [6.07, 6.45) is 1.89. The van der Waals surface area contributed by atoms with E-state index >= 15 is 0 Å². The molecule has 0 saturated heterocycles. The first-order chi connectivity index (χ1) is 7.52. The molecule has 5 nitrogen and oxygen atoms in total. The van der Waals surface area contributed by atoms with Crippen LogP contribution in [-0.4, -0.2) is 17.1 Å². The fraction of sp³-hybridized carbons (Fsp3) is 0.400. The SMILES string of the molecule is NC1(COc2cccc([N+](=O)[O-])c2Br)CC1. The Labute approximate surface area is 101 Å². The largest absolute Gasteiger partial charge is 0.490 e. The van der Waals surface area contributed by atoms with Crippen molar-refractivity contribution in [2.24, 2.45) is 5.73 Å². The van der Waals surface area contributed by atoms with Crippen LogP contribution in [0.3, 0.4) is 0 Å². The maximum absolute atomic E-state index is 10.7. The Balaban J connectivity index is 2.14. The summed E-state index contributed by atoms with van der Waals surface area (Å²) in [5.74, 6) is 0.464. The van der Waals surface area contributed by atoms with Gasteiger partial charge in [-0.15, -0.1) is 0 Å². The Morgan fingerprint density at radius 1 is 1.56 bits per heavy atom. The van der Waals surface area contributed by atoms with Crippen LogP contribution in [0, 0.1) is 10.1 Å². The molecule has 0 radical (unpaired) electrons. The van der Waals surface area contributed by atoms with Crippen molar-refractivity contribution in [1.29, 1.82) is 0 Å². The summed E-state index contributed by atoms with van der Waals surface area (Å²) in [6.45, 7) is 0.396. The monoisotopic (exact) mass is 286 g/mol. The minimum Gasteiger partial charge on any atom is -0.490 e. The smallest absolute Gasteiger partial charge is 0.287 e. The molecule has 0 bridgehead atoms. The van der Waals surface area contributed by atoms with Crippen LogP contribution in [0.25, 0.3) is 0 Å². The van der Waals surface area contributed by atoms with Crippen molar-refractivity contribution in [3.63, 3.8) is 0 Å². The number of hydrogen-bond acceptors (Lipinski definition) is 4. The van der Waals surface area contributed by atoms with Gasteiger partial charge in [-0.05, 0) is 34.8 Å². The lowest BCUT2D eigenvalue weighted by Gasteiger charge is -2.12. The maximum Gasteiger partial charge on any atom is 0.287 e. The van der Waals surface area contributed by atoms with Gasteiger partial charge in [0.1, 0.15) is 16.8 Å². The zero-order chi connectivity index (χ0) is 11.8. The lowest BCUT2D eigenvalue weighted by molar-refractivity contribution is -0.385. The zero-order valence-corrected chi connectivity index (χ0v) is 10.1. The minimum atomic E-state index is -0.452. The van der Waals surface area contributed by atoms with E-state index in [2.05, 4.69) is 15.9 Å². The molecule has 1 fully saturated rings. The van der Waals surface area contributed by atoms with Crippen molar-refractivity contribution in [3.8, 4) is 5.75 Å². The van der Waals surface area contributed by atoms with E-state index in [1.165, 1.54) is 6.07 Å². The van der Waals surface area contributed by atoms with Crippen LogP contribution in [0.5, 0.6) is 5.75 Å². The van der Waals surface area contributed by atoms with Gasteiger partial charge in [0.2, 0.25) is 0 Å². The van der Waals surface area contributed by atoms with Crippen LogP contribution in [0.2, 0.25) is 0 Å². The zero-order valence-electron chi connectivity index (χ0n) is 8.48. The summed E-state index contributed by atoms with van der Waals surface area (Å²) < 4.78 is 5.84. The summed E-state index contributed by atoms with van der Waals surface area (Å²) in [4.78, 5) is 10.2. The van der Waals surface area contributed by atoms with Gasteiger partial charge in [0.05, 0.1) is 10.5 Å². The van der Waals surface area contributed by atoms with Crippen molar-refractivity contribution < 1.29 is 9.66 Å². The quantitative estimate of drug-likeness (QED) is 0.680. The molecule has 0 aromatic heterocycles. The van der Waals surface area contributed by atoms with Crippen molar-refractivity contribution in [1.82, 2.24) is 0 Å². The highest BCUT2D eigenvalue weighted by Gasteiger charge is 2.39. The molecular weight excluding hydrogens is 276 g/mol. The Bertz CT molecular complexity index is 432. The molecule has 0 amide bonds. The number of rotatable bonds is 4. The summed E-state index contributed by atoms with van der Waals surface area (Å²) in [6, 6.07) is 4.70. The van der Waals surface area contributed by atoms with Crippen molar-refractivity contribution >= 4 is 21.6 Å². The number of nitrogens with two attached hydrogens (primary N) is 1. The second kappa shape index (κ2) is 4.03. The fourth-order valence-corrected chi connectivity index (χ4v) is 1.80. The molecule has 0 spiro atoms. The van der Waals surface area contributed by atoms with Crippen LogP contribution in [-0.2, 0) is 0 Å². The number of halogens is 1. The molecule has 0 unspecified atom stereocenters. The molecule has 1 aliphatic carbocycles. The predicted octanol–water partition coefficient (Wildman–Crippen LogP) is 2.23. The van der Waals surface area contributed by atoms with Crippen LogP contribution >= 0.6 is 15.9 Å². The van der Waals surface area contributed by atoms with Gasteiger partial charge in [0.15, 0.2) is 0 Å². The third kappa shape index (κ3) is 2.33. The number of benzene rings is 1. The molecule has 1 aromatic carbocycles.